The zero-order chi connectivity index (χ0) is 14.5. The van der Waals surface area contributed by atoms with Gasteiger partial charge in [-0.1, -0.05) is 19.9 Å². The van der Waals surface area contributed by atoms with Crippen molar-refractivity contribution in [3.63, 3.8) is 0 Å². The number of halogens is 1. The van der Waals surface area contributed by atoms with Gasteiger partial charge in [0.15, 0.2) is 0 Å². The van der Waals surface area contributed by atoms with Crippen LogP contribution in [-0.2, 0) is 13.1 Å². The summed E-state index contributed by atoms with van der Waals surface area (Å²) in [6.45, 7) is 5.54. The van der Waals surface area contributed by atoms with Crippen LogP contribution in [0.1, 0.15) is 24.3 Å². The average Bonchev–Trinajstić information content (AvgIpc) is 2.89. The van der Waals surface area contributed by atoms with Crippen molar-refractivity contribution in [2.45, 2.75) is 33.0 Å². The second-order valence-electron chi connectivity index (χ2n) is 5.11. The van der Waals surface area contributed by atoms with Gasteiger partial charge >= 0.3 is 0 Å². The molecule has 0 bridgehead atoms. The van der Waals surface area contributed by atoms with Crippen LogP contribution in [0.25, 0.3) is 0 Å². The van der Waals surface area contributed by atoms with Crippen molar-refractivity contribution in [3.8, 4) is 0 Å². The third-order valence-corrected chi connectivity index (χ3v) is 3.81. The Kier molecular flexibility index (Phi) is 5.09. The molecule has 0 amide bonds. The van der Waals surface area contributed by atoms with Gasteiger partial charge in [0.25, 0.3) is 0 Å². The summed E-state index contributed by atoms with van der Waals surface area (Å²) < 4.78 is 13.4. The van der Waals surface area contributed by atoms with E-state index in [4.69, 9.17) is 0 Å². The van der Waals surface area contributed by atoms with Crippen LogP contribution in [0.4, 0.5) is 10.2 Å². The van der Waals surface area contributed by atoms with Crippen molar-refractivity contribution in [2.75, 3.05) is 11.9 Å². The fourth-order valence-corrected chi connectivity index (χ4v) is 2.73. The van der Waals surface area contributed by atoms with Crippen molar-refractivity contribution < 1.29 is 4.39 Å². The number of thiophene rings is 1. The lowest BCUT2D eigenvalue weighted by molar-refractivity contribution is 0.577. The first-order valence-corrected chi connectivity index (χ1v) is 7.55. The zero-order valence-corrected chi connectivity index (χ0v) is 12.9. The van der Waals surface area contributed by atoms with Gasteiger partial charge < -0.3 is 10.2 Å². The largest absolute Gasteiger partial charge is 0.354 e. The highest BCUT2D eigenvalue weighted by Gasteiger charge is 2.11. The fraction of sp³-hybridized carbons (Fsp3) is 0.400. The minimum absolute atomic E-state index is 0.293. The van der Waals surface area contributed by atoms with Crippen LogP contribution in [-0.4, -0.2) is 18.1 Å². The predicted octanol–water partition coefficient (Wildman–Crippen LogP) is 3.42. The van der Waals surface area contributed by atoms with E-state index in [2.05, 4.69) is 40.5 Å². The van der Waals surface area contributed by atoms with Crippen molar-refractivity contribution >= 4 is 17.2 Å². The molecule has 2 heterocycles. The molecule has 0 saturated heterocycles. The van der Waals surface area contributed by atoms with Crippen molar-refractivity contribution in [1.82, 2.24) is 10.3 Å². The Hall–Kier alpha value is -1.46. The molecule has 1 N–H and O–H groups in total. The highest BCUT2D eigenvalue weighted by Crippen LogP contribution is 2.21. The maximum atomic E-state index is 13.4. The van der Waals surface area contributed by atoms with Crippen LogP contribution in [0.5, 0.6) is 0 Å². The van der Waals surface area contributed by atoms with Gasteiger partial charge in [0.05, 0.1) is 12.7 Å². The summed E-state index contributed by atoms with van der Waals surface area (Å²) in [5.41, 5.74) is 0.887. The Bertz CT molecular complexity index is 540. The van der Waals surface area contributed by atoms with Crippen LogP contribution in [0.3, 0.4) is 0 Å². The number of aromatic nitrogens is 1. The molecular formula is C15H20FN3S. The van der Waals surface area contributed by atoms with Gasteiger partial charge in [-0.15, -0.1) is 11.3 Å². The summed E-state index contributed by atoms with van der Waals surface area (Å²) in [6.07, 6.45) is 1.28. The summed E-state index contributed by atoms with van der Waals surface area (Å²) in [5.74, 6) is 0.534. The van der Waals surface area contributed by atoms with Gasteiger partial charge in [-0.25, -0.2) is 9.37 Å². The van der Waals surface area contributed by atoms with Gasteiger partial charge in [0, 0.05) is 30.1 Å². The molecule has 0 spiro atoms. The minimum Gasteiger partial charge on any atom is -0.354 e. The highest BCUT2D eigenvalue weighted by molar-refractivity contribution is 7.09. The molecule has 3 nitrogen and oxygen atoms in total. The maximum Gasteiger partial charge on any atom is 0.141 e. The van der Waals surface area contributed by atoms with Crippen LogP contribution < -0.4 is 10.2 Å². The highest BCUT2D eigenvalue weighted by atomic mass is 32.1. The fourth-order valence-electron chi connectivity index (χ4n) is 1.97. The number of nitrogens with zero attached hydrogens (tertiary/aromatic N) is 2. The number of hydrogen-bond donors (Lipinski definition) is 1. The standard InChI is InChI=1S/C15H20FN3S/c1-11(2)17-8-12-7-13(16)9-18-15(12)19(3)10-14-5-4-6-20-14/h4-7,9,11,17H,8,10H2,1-3H3. The van der Waals surface area contributed by atoms with E-state index in [1.807, 2.05) is 13.1 Å². The van der Waals surface area contributed by atoms with Gasteiger partial charge in [0.1, 0.15) is 11.6 Å². The first kappa shape index (κ1) is 14.9. The molecule has 0 radical (unpaired) electrons. The lowest BCUT2D eigenvalue weighted by atomic mass is 10.2. The van der Waals surface area contributed by atoms with E-state index in [-0.39, 0.29) is 5.82 Å². The molecule has 20 heavy (non-hydrogen) atoms. The number of pyridine rings is 1. The van der Waals surface area contributed by atoms with Gasteiger partial charge in [-0.3, -0.25) is 0 Å². The topological polar surface area (TPSA) is 28.2 Å². The Morgan fingerprint density at radius 3 is 2.90 bits per heavy atom. The molecule has 0 aliphatic rings. The molecule has 0 aromatic carbocycles. The summed E-state index contributed by atoms with van der Waals surface area (Å²) in [6, 6.07) is 6.04. The van der Waals surface area contributed by atoms with Crippen LogP contribution in [0.2, 0.25) is 0 Å². The maximum absolute atomic E-state index is 13.4. The summed E-state index contributed by atoms with van der Waals surface area (Å²) >= 11 is 1.71. The molecule has 0 saturated carbocycles. The number of anilines is 1. The Morgan fingerprint density at radius 2 is 2.25 bits per heavy atom. The van der Waals surface area contributed by atoms with Gasteiger partial charge in [0.2, 0.25) is 0 Å². The quantitative estimate of drug-likeness (QED) is 0.884. The van der Waals surface area contributed by atoms with Crippen molar-refractivity contribution in [3.05, 3.63) is 46.0 Å². The van der Waals surface area contributed by atoms with E-state index in [1.165, 1.54) is 11.1 Å². The molecule has 5 heteroatoms. The third kappa shape index (κ3) is 4.02. The first-order valence-electron chi connectivity index (χ1n) is 6.67. The molecule has 0 unspecified atom stereocenters. The van der Waals surface area contributed by atoms with E-state index in [0.29, 0.717) is 12.6 Å². The van der Waals surface area contributed by atoms with Crippen LogP contribution in [0.15, 0.2) is 29.8 Å². The van der Waals surface area contributed by atoms with E-state index in [0.717, 1.165) is 17.9 Å². The molecule has 0 aliphatic carbocycles. The number of hydrogen-bond acceptors (Lipinski definition) is 4. The molecule has 0 fully saturated rings. The van der Waals surface area contributed by atoms with E-state index in [1.54, 1.807) is 17.4 Å². The second-order valence-corrected chi connectivity index (χ2v) is 6.14. The molecule has 0 aliphatic heterocycles. The van der Waals surface area contributed by atoms with Gasteiger partial charge in [-0.05, 0) is 17.5 Å². The first-order chi connectivity index (χ1) is 9.56. The Labute approximate surface area is 123 Å². The van der Waals surface area contributed by atoms with E-state index in [9.17, 15) is 4.39 Å². The summed E-state index contributed by atoms with van der Waals surface area (Å²) in [5, 5.41) is 5.37. The SMILES string of the molecule is CC(C)NCc1cc(F)cnc1N(C)Cc1cccs1. The van der Waals surface area contributed by atoms with Crippen molar-refractivity contribution in [2.24, 2.45) is 0 Å². The Morgan fingerprint density at radius 1 is 1.45 bits per heavy atom. The second kappa shape index (κ2) is 6.81. The average molecular weight is 293 g/mol. The summed E-state index contributed by atoms with van der Waals surface area (Å²) in [4.78, 5) is 7.58. The molecule has 2 aromatic rings. The van der Waals surface area contributed by atoms with Crippen LogP contribution >= 0.6 is 11.3 Å². The molecule has 2 rings (SSSR count). The summed E-state index contributed by atoms with van der Waals surface area (Å²) in [7, 11) is 1.98. The zero-order valence-electron chi connectivity index (χ0n) is 12.1. The predicted molar refractivity (Wildman–Crippen MR) is 82.6 cm³/mol. The third-order valence-electron chi connectivity index (χ3n) is 2.94. The lowest BCUT2D eigenvalue weighted by Crippen LogP contribution is -2.25. The van der Waals surface area contributed by atoms with E-state index >= 15 is 0 Å². The number of rotatable bonds is 6. The van der Waals surface area contributed by atoms with E-state index < -0.39 is 0 Å². The molecule has 2 aromatic heterocycles. The Balaban J connectivity index is 2.16. The number of nitrogens with one attached hydrogen (secondary N) is 1. The van der Waals surface area contributed by atoms with Crippen molar-refractivity contribution in [1.29, 1.82) is 0 Å². The monoisotopic (exact) mass is 293 g/mol. The van der Waals surface area contributed by atoms with Crippen LogP contribution in [0, 0.1) is 5.82 Å². The minimum atomic E-state index is -0.293. The molecule has 0 atom stereocenters. The normalized spacial score (nSPS) is 11.1. The molecular weight excluding hydrogens is 273 g/mol. The lowest BCUT2D eigenvalue weighted by Gasteiger charge is -2.21. The van der Waals surface area contributed by atoms with Gasteiger partial charge in [-0.2, -0.15) is 0 Å². The molecule has 108 valence electrons. The smallest absolute Gasteiger partial charge is 0.141 e.